The van der Waals surface area contributed by atoms with Gasteiger partial charge in [-0.1, -0.05) is 6.07 Å². The third kappa shape index (κ3) is 4.45. The Hall–Kier alpha value is -2.20. The zero-order valence-electron chi connectivity index (χ0n) is 13.4. The van der Waals surface area contributed by atoms with Crippen molar-refractivity contribution in [3.63, 3.8) is 0 Å². The number of halogens is 3. The third-order valence-corrected chi connectivity index (χ3v) is 4.47. The van der Waals surface area contributed by atoms with Gasteiger partial charge in [0.25, 0.3) is 0 Å². The second kappa shape index (κ2) is 7.36. The Morgan fingerprint density at radius 1 is 1.40 bits per heavy atom. The first-order chi connectivity index (χ1) is 11.7. The van der Waals surface area contributed by atoms with Crippen LogP contribution in [0.5, 0.6) is 5.88 Å². The summed E-state index contributed by atoms with van der Waals surface area (Å²) in [5.41, 5.74) is -2.41. The Morgan fingerprint density at radius 3 is 2.60 bits per heavy atom. The minimum absolute atomic E-state index is 0.0271. The molecule has 0 aliphatic rings. The van der Waals surface area contributed by atoms with E-state index >= 15 is 0 Å². The first-order valence-corrected chi connectivity index (χ1v) is 8.01. The van der Waals surface area contributed by atoms with Crippen molar-refractivity contribution in [3.05, 3.63) is 40.0 Å². The van der Waals surface area contributed by atoms with E-state index < -0.39 is 29.1 Å². The molecule has 0 saturated carbocycles. The second-order valence-electron chi connectivity index (χ2n) is 5.31. The first-order valence-electron chi connectivity index (χ1n) is 7.13. The lowest BCUT2D eigenvalue weighted by Crippen LogP contribution is -2.46. The molecule has 10 heteroatoms. The number of aryl methyl sites for hydroxylation is 1. The molecule has 2 rings (SSSR count). The molecule has 0 fully saturated rings. The van der Waals surface area contributed by atoms with E-state index in [4.69, 9.17) is 4.74 Å². The average molecular weight is 375 g/mol. The molecule has 2 N–H and O–H groups in total. The maximum Gasteiger partial charge on any atom is 0.424 e. The largest absolute Gasteiger partial charge is 0.481 e. The van der Waals surface area contributed by atoms with E-state index in [0.717, 1.165) is 0 Å². The number of nitrogens with one attached hydrogen (secondary N) is 1. The number of pyridine rings is 1. The lowest BCUT2D eigenvalue weighted by atomic mass is 9.99. The minimum Gasteiger partial charge on any atom is -0.481 e. The van der Waals surface area contributed by atoms with Crippen molar-refractivity contribution in [2.24, 2.45) is 0 Å². The molecule has 0 aliphatic carbocycles. The van der Waals surface area contributed by atoms with Crippen LogP contribution in [0.4, 0.5) is 13.2 Å². The number of rotatable bonds is 6. The fraction of sp³-hybridized carbons (Fsp3) is 0.400. The number of carbonyl (C=O) groups is 1. The van der Waals surface area contributed by atoms with Crippen LogP contribution < -0.4 is 10.1 Å². The van der Waals surface area contributed by atoms with Gasteiger partial charge >= 0.3 is 6.18 Å². The molecule has 6 nitrogen and oxygen atoms in total. The van der Waals surface area contributed by atoms with Crippen LogP contribution >= 0.6 is 11.3 Å². The smallest absolute Gasteiger partial charge is 0.424 e. The quantitative estimate of drug-likeness (QED) is 0.810. The topological polar surface area (TPSA) is 84.3 Å². The van der Waals surface area contributed by atoms with E-state index in [2.05, 4.69) is 15.3 Å². The summed E-state index contributed by atoms with van der Waals surface area (Å²) in [5, 5.41) is 13.3. The number of nitrogens with zero attached hydrogens (tertiary/aromatic N) is 2. The molecule has 0 radical (unpaired) electrons. The predicted octanol–water partition coefficient (Wildman–Crippen LogP) is 2.31. The molecule has 0 unspecified atom stereocenters. The van der Waals surface area contributed by atoms with Crippen LogP contribution in [0, 0.1) is 6.92 Å². The minimum atomic E-state index is -5.03. The molecule has 2 aromatic rings. The maximum atomic E-state index is 13.3. The first kappa shape index (κ1) is 19.1. The fourth-order valence-electron chi connectivity index (χ4n) is 1.97. The van der Waals surface area contributed by atoms with Crippen molar-refractivity contribution < 1.29 is 27.8 Å². The lowest BCUT2D eigenvalue weighted by molar-refractivity contribution is -0.267. The molecule has 136 valence electrons. The Bertz CT molecular complexity index is 734. The zero-order valence-corrected chi connectivity index (χ0v) is 14.2. The van der Waals surface area contributed by atoms with Gasteiger partial charge in [0.05, 0.1) is 13.5 Å². The lowest BCUT2D eigenvalue weighted by Gasteiger charge is -2.27. The Balaban J connectivity index is 2.07. The number of carbonyl (C=O) groups excluding carboxylic acids is 1. The number of methoxy groups -OCH3 is 1. The van der Waals surface area contributed by atoms with Crippen LogP contribution in [-0.4, -0.2) is 34.3 Å². The van der Waals surface area contributed by atoms with Crippen LogP contribution in [0.3, 0.4) is 0 Å². The van der Waals surface area contributed by atoms with Gasteiger partial charge in [-0.3, -0.25) is 4.79 Å². The molecule has 0 bridgehead atoms. The Labute approximate surface area is 145 Å². The number of amides is 1. The van der Waals surface area contributed by atoms with Crippen molar-refractivity contribution in [1.29, 1.82) is 0 Å². The summed E-state index contributed by atoms with van der Waals surface area (Å²) in [7, 11) is 1.45. The zero-order chi connectivity index (χ0) is 18.7. The van der Waals surface area contributed by atoms with Crippen molar-refractivity contribution in [3.8, 4) is 5.88 Å². The Morgan fingerprint density at radius 2 is 2.12 bits per heavy atom. The molecule has 2 heterocycles. The van der Waals surface area contributed by atoms with Crippen LogP contribution in [0.15, 0.2) is 23.7 Å². The van der Waals surface area contributed by atoms with Crippen molar-refractivity contribution in [1.82, 2.24) is 15.3 Å². The molecule has 1 atom stereocenters. The highest BCUT2D eigenvalue weighted by Gasteiger charge is 2.58. The monoisotopic (exact) mass is 375 g/mol. The van der Waals surface area contributed by atoms with E-state index in [-0.39, 0.29) is 6.54 Å². The maximum absolute atomic E-state index is 13.3. The van der Waals surface area contributed by atoms with Gasteiger partial charge in [0.15, 0.2) is 0 Å². The van der Waals surface area contributed by atoms with Gasteiger partial charge in [-0.25, -0.2) is 9.97 Å². The van der Waals surface area contributed by atoms with Gasteiger partial charge in [-0.05, 0) is 12.5 Å². The number of alkyl halides is 3. The summed E-state index contributed by atoms with van der Waals surface area (Å²) < 4.78 is 44.8. The van der Waals surface area contributed by atoms with Crippen LogP contribution in [0.1, 0.15) is 22.7 Å². The standard InChI is InChI=1S/C15H16F3N3O3S/c1-9-8-25-13(21-9)14(23,15(16,17)18)5-11(22)19-6-10-3-4-12(24-2)20-7-10/h3-4,7-8,23H,5-6H2,1-2H3,(H,19,22)/t14-/m1/s1. The molecule has 0 spiro atoms. The summed E-state index contributed by atoms with van der Waals surface area (Å²) >= 11 is 0.659. The highest BCUT2D eigenvalue weighted by molar-refractivity contribution is 7.09. The highest BCUT2D eigenvalue weighted by Crippen LogP contribution is 2.42. The van der Waals surface area contributed by atoms with Gasteiger partial charge < -0.3 is 15.2 Å². The molecule has 25 heavy (non-hydrogen) atoms. The molecular weight excluding hydrogens is 359 g/mol. The number of hydrogen-bond acceptors (Lipinski definition) is 6. The molecule has 2 aromatic heterocycles. The average Bonchev–Trinajstić information content (AvgIpc) is 2.99. The fourth-order valence-corrected chi connectivity index (χ4v) is 2.89. The van der Waals surface area contributed by atoms with Gasteiger partial charge in [0.2, 0.25) is 17.4 Å². The summed E-state index contributed by atoms with van der Waals surface area (Å²) in [6, 6.07) is 3.18. The van der Waals surface area contributed by atoms with Gasteiger partial charge in [0, 0.05) is 29.9 Å². The summed E-state index contributed by atoms with van der Waals surface area (Å²) in [6.07, 6.45) is -4.78. The van der Waals surface area contributed by atoms with Crippen molar-refractivity contribution >= 4 is 17.2 Å². The molecule has 0 aromatic carbocycles. The van der Waals surface area contributed by atoms with E-state index in [9.17, 15) is 23.1 Å². The van der Waals surface area contributed by atoms with Gasteiger partial charge in [0.1, 0.15) is 5.01 Å². The normalized spacial score (nSPS) is 14.0. The van der Waals surface area contributed by atoms with Crippen molar-refractivity contribution in [2.75, 3.05) is 7.11 Å². The molecule has 0 aliphatic heterocycles. The SMILES string of the molecule is COc1ccc(CNC(=O)C[C@@](O)(c2nc(C)cs2)C(F)(F)F)cn1. The number of aromatic nitrogens is 2. The Kier molecular flexibility index (Phi) is 5.63. The van der Waals surface area contributed by atoms with E-state index in [0.29, 0.717) is 28.5 Å². The number of aliphatic hydroxyl groups is 1. The third-order valence-electron chi connectivity index (χ3n) is 3.35. The number of ether oxygens (including phenoxy) is 1. The van der Waals surface area contributed by atoms with E-state index in [1.54, 1.807) is 12.1 Å². The predicted molar refractivity (Wildman–Crippen MR) is 84.1 cm³/mol. The van der Waals surface area contributed by atoms with Crippen LogP contribution in [-0.2, 0) is 16.9 Å². The number of thiazole rings is 1. The van der Waals surface area contributed by atoms with Gasteiger partial charge in [-0.2, -0.15) is 13.2 Å². The molecular formula is C15H16F3N3O3S. The molecule has 0 saturated heterocycles. The van der Waals surface area contributed by atoms with Crippen LogP contribution in [0.25, 0.3) is 0 Å². The highest BCUT2D eigenvalue weighted by atomic mass is 32.1. The molecule has 1 amide bonds. The number of hydrogen-bond donors (Lipinski definition) is 2. The van der Waals surface area contributed by atoms with Crippen LogP contribution in [0.2, 0.25) is 0 Å². The van der Waals surface area contributed by atoms with Gasteiger partial charge in [-0.15, -0.1) is 11.3 Å². The summed E-state index contributed by atoms with van der Waals surface area (Å²) in [5.74, 6) is -0.579. The second-order valence-corrected chi connectivity index (χ2v) is 6.17. The summed E-state index contributed by atoms with van der Waals surface area (Å²) in [4.78, 5) is 19.6. The summed E-state index contributed by atoms with van der Waals surface area (Å²) in [6.45, 7) is 1.48. The van der Waals surface area contributed by atoms with E-state index in [1.165, 1.54) is 25.6 Å². The van der Waals surface area contributed by atoms with E-state index in [1.807, 2.05) is 0 Å². The van der Waals surface area contributed by atoms with Crippen molar-refractivity contribution in [2.45, 2.75) is 31.7 Å².